The minimum absolute atomic E-state index is 0.405. The van der Waals surface area contributed by atoms with Crippen molar-refractivity contribution in [3.05, 3.63) is 0 Å². The van der Waals surface area contributed by atoms with Crippen LogP contribution < -0.4 is 0 Å². The Bertz CT molecular complexity index is 136. The van der Waals surface area contributed by atoms with Gasteiger partial charge in [0.1, 0.15) is 0 Å². The summed E-state index contributed by atoms with van der Waals surface area (Å²) in [4.78, 5) is 0. The fourth-order valence-electron chi connectivity index (χ4n) is 1.78. The van der Waals surface area contributed by atoms with Crippen molar-refractivity contribution in [2.45, 2.75) is 33.3 Å². The van der Waals surface area contributed by atoms with Crippen LogP contribution in [0.2, 0.25) is 0 Å². The normalized spacial score (nSPS) is 32.8. The molecule has 0 spiro atoms. The van der Waals surface area contributed by atoms with Crippen molar-refractivity contribution in [3.8, 4) is 0 Å². The van der Waals surface area contributed by atoms with E-state index >= 15 is 0 Å². The number of rotatable bonds is 3. The fourth-order valence-corrected chi connectivity index (χ4v) is 2.11. The smallest absolute Gasteiger partial charge is 0.0643 e. The van der Waals surface area contributed by atoms with Gasteiger partial charge in [0.25, 0.3) is 0 Å². The summed E-state index contributed by atoms with van der Waals surface area (Å²) in [6, 6.07) is 0. The first kappa shape index (κ1) is 10.3. The largest absolute Gasteiger partial charge is 0.378 e. The lowest BCUT2D eigenvalue weighted by Gasteiger charge is -2.26. The predicted octanol–water partition coefficient (Wildman–Crippen LogP) is 2.92. The summed E-state index contributed by atoms with van der Waals surface area (Å²) in [6.45, 7) is 7.66. The van der Waals surface area contributed by atoms with Gasteiger partial charge in [0.05, 0.1) is 6.10 Å². The molecule has 1 saturated heterocycles. The molecule has 0 amide bonds. The zero-order valence-electron chi connectivity index (χ0n) is 8.22. The molecule has 0 aromatic heterocycles. The number of hydrogen-bond acceptors (Lipinski definition) is 1. The van der Waals surface area contributed by atoms with Crippen LogP contribution in [0.25, 0.3) is 0 Å². The molecule has 1 heterocycles. The molecule has 0 aromatic rings. The van der Waals surface area contributed by atoms with Crippen LogP contribution in [0.5, 0.6) is 0 Å². The number of hydrogen-bond donors (Lipinski definition) is 0. The SMILES string of the molecule is CC(C)C(C)C1OCCC1CCl. The second-order valence-electron chi connectivity index (χ2n) is 4.14. The maximum atomic E-state index is 5.87. The highest BCUT2D eigenvalue weighted by Crippen LogP contribution is 2.31. The molecule has 0 saturated carbocycles. The van der Waals surface area contributed by atoms with E-state index in [1.807, 2.05) is 0 Å². The third-order valence-electron chi connectivity index (χ3n) is 3.03. The van der Waals surface area contributed by atoms with Crippen molar-refractivity contribution in [1.82, 2.24) is 0 Å². The van der Waals surface area contributed by atoms with Crippen LogP contribution in [-0.4, -0.2) is 18.6 Å². The van der Waals surface area contributed by atoms with Crippen molar-refractivity contribution in [2.24, 2.45) is 17.8 Å². The molecule has 1 fully saturated rings. The van der Waals surface area contributed by atoms with Gasteiger partial charge >= 0.3 is 0 Å². The molecule has 12 heavy (non-hydrogen) atoms. The predicted molar refractivity (Wildman–Crippen MR) is 52.6 cm³/mol. The molecule has 1 aliphatic rings. The molecule has 0 radical (unpaired) electrons. The second kappa shape index (κ2) is 4.48. The standard InChI is InChI=1S/C10H19ClO/c1-7(2)8(3)10-9(6-11)4-5-12-10/h7-10H,4-6H2,1-3H3. The molecule has 0 aliphatic carbocycles. The fraction of sp³-hybridized carbons (Fsp3) is 1.00. The lowest BCUT2D eigenvalue weighted by Crippen LogP contribution is -2.28. The molecule has 1 nitrogen and oxygen atoms in total. The van der Waals surface area contributed by atoms with Gasteiger partial charge in [0, 0.05) is 18.4 Å². The number of halogens is 1. The zero-order chi connectivity index (χ0) is 9.14. The third kappa shape index (κ3) is 2.14. The van der Waals surface area contributed by atoms with Crippen molar-refractivity contribution < 1.29 is 4.74 Å². The zero-order valence-corrected chi connectivity index (χ0v) is 8.97. The average Bonchev–Trinajstić information content (AvgIpc) is 2.49. The maximum absolute atomic E-state index is 5.87. The van der Waals surface area contributed by atoms with E-state index in [-0.39, 0.29) is 0 Å². The summed E-state index contributed by atoms with van der Waals surface area (Å²) in [5.74, 6) is 2.67. The molecule has 1 aliphatic heterocycles. The van der Waals surface area contributed by atoms with Gasteiger partial charge in [-0.25, -0.2) is 0 Å². The Morgan fingerprint density at radius 2 is 2.08 bits per heavy atom. The van der Waals surface area contributed by atoms with Gasteiger partial charge < -0.3 is 4.74 Å². The monoisotopic (exact) mass is 190 g/mol. The van der Waals surface area contributed by atoms with Gasteiger partial charge in [0.15, 0.2) is 0 Å². The van der Waals surface area contributed by atoms with Gasteiger partial charge in [-0.2, -0.15) is 0 Å². The lowest BCUT2D eigenvalue weighted by molar-refractivity contribution is 0.0352. The third-order valence-corrected chi connectivity index (χ3v) is 3.43. The van der Waals surface area contributed by atoms with Crippen LogP contribution in [0.1, 0.15) is 27.2 Å². The van der Waals surface area contributed by atoms with Crippen molar-refractivity contribution in [2.75, 3.05) is 12.5 Å². The van der Waals surface area contributed by atoms with Crippen molar-refractivity contribution in [3.63, 3.8) is 0 Å². The second-order valence-corrected chi connectivity index (χ2v) is 4.45. The molecule has 1 rings (SSSR count). The van der Waals surface area contributed by atoms with Crippen LogP contribution in [0.15, 0.2) is 0 Å². The Morgan fingerprint density at radius 3 is 2.58 bits per heavy atom. The highest BCUT2D eigenvalue weighted by Gasteiger charge is 2.32. The Kier molecular flexibility index (Phi) is 3.85. The number of alkyl halides is 1. The molecular formula is C10H19ClO. The maximum Gasteiger partial charge on any atom is 0.0643 e. The molecule has 3 unspecified atom stereocenters. The van der Waals surface area contributed by atoms with Crippen LogP contribution in [0.3, 0.4) is 0 Å². The van der Waals surface area contributed by atoms with Crippen molar-refractivity contribution >= 4 is 11.6 Å². The van der Waals surface area contributed by atoms with Gasteiger partial charge in [-0.3, -0.25) is 0 Å². The average molecular weight is 191 g/mol. The molecule has 2 heteroatoms. The van der Waals surface area contributed by atoms with Gasteiger partial charge in [-0.1, -0.05) is 20.8 Å². The van der Waals surface area contributed by atoms with E-state index in [9.17, 15) is 0 Å². The van der Waals surface area contributed by atoms with E-state index < -0.39 is 0 Å². The van der Waals surface area contributed by atoms with Crippen LogP contribution in [-0.2, 0) is 4.74 Å². The molecule has 0 aromatic carbocycles. The summed E-state index contributed by atoms with van der Waals surface area (Å²) in [6.07, 6.45) is 1.55. The van der Waals surface area contributed by atoms with E-state index in [1.165, 1.54) is 0 Å². The van der Waals surface area contributed by atoms with E-state index in [0.29, 0.717) is 23.9 Å². The molecule has 72 valence electrons. The van der Waals surface area contributed by atoms with Gasteiger partial charge in [-0.15, -0.1) is 11.6 Å². The molecule has 0 N–H and O–H groups in total. The van der Waals surface area contributed by atoms with E-state index in [2.05, 4.69) is 20.8 Å². The van der Waals surface area contributed by atoms with E-state index in [1.54, 1.807) is 0 Å². The Labute approximate surface area is 80.4 Å². The summed E-state index contributed by atoms with van der Waals surface area (Å²) >= 11 is 5.87. The summed E-state index contributed by atoms with van der Waals surface area (Å²) in [5, 5.41) is 0. The summed E-state index contributed by atoms with van der Waals surface area (Å²) in [5.41, 5.74) is 0. The summed E-state index contributed by atoms with van der Waals surface area (Å²) < 4.78 is 5.70. The molecule has 3 atom stereocenters. The minimum atomic E-state index is 0.405. The Morgan fingerprint density at radius 1 is 1.42 bits per heavy atom. The first-order chi connectivity index (χ1) is 5.66. The highest BCUT2D eigenvalue weighted by molar-refractivity contribution is 6.18. The topological polar surface area (TPSA) is 9.23 Å². The van der Waals surface area contributed by atoms with Gasteiger partial charge in [0.2, 0.25) is 0 Å². The number of ether oxygens (including phenoxy) is 1. The highest BCUT2D eigenvalue weighted by atomic mass is 35.5. The van der Waals surface area contributed by atoms with Gasteiger partial charge in [-0.05, 0) is 18.3 Å². The van der Waals surface area contributed by atoms with Crippen LogP contribution >= 0.6 is 11.6 Å². The quantitative estimate of drug-likeness (QED) is 0.622. The minimum Gasteiger partial charge on any atom is -0.378 e. The van der Waals surface area contributed by atoms with Crippen LogP contribution in [0, 0.1) is 17.8 Å². The first-order valence-corrected chi connectivity index (χ1v) is 5.37. The first-order valence-electron chi connectivity index (χ1n) is 4.84. The van der Waals surface area contributed by atoms with E-state index in [4.69, 9.17) is 16.3 Å². The molecule has 0 bridgehead atoms. The Hall–Kier alpha value is 0.250. The Balaban J connectivity index is 2.49. The van der Waals surface area contributed by atoms with Crippen LogP contribution in [0.4, 0.5) is 0 Å². The summed E-state index contributed by atoms with van der Waals surface area (Å²) in [7, 11) is 0. The van der Waals surface area contributed by atoms with E-state index in [0.717, 1.165) is 18.9 Å². The molecular weight excluding hydrogens is 172 g/mol. The lowest BCUT2D eigenvalue weighted by atomic mass is 9.86. The van der Waals surface area contributed by atoms with Crippen molar-refractivity contribution in [1.29, 1.82) is 0 Å².